The van der Waals surface area contributed by atoms with Crippen molar-refractivity contribution < 1.29 is 8.42 Å². The number of sulfone groups is 1. The summed E-state index contributed by atoms with van der Waals surface area (Å²) >= 11 is 13.1. The van der Waals surface area contributed by atoms with Crippen LogP contribution in [0.2, 0.25) is 5.02 Å². The van der Waals surface area contributed by atoms with Gasteiger partial charge in [0.05, 0.1) is 11.5 Å². The Hall–Kier alpha value is 0.420. The van der Waals surface area contributed by atoms with Gasteiger partial charge in [0.25, 0.3) is 0 Å². The predicted octanol–water partition coefficient (Wildman–Crippen LogP) is 4.09. The minimum Gasteiger partial charge on any atom is -0.229 e. The zero-order chi connectivity index (χ0) is 14.8. The molecule has 0 radical (unpaired) electrons. The van der Waals surface area contributed by atoms with Crippen molar-refractivity contribution in [1.82, 2.24) is 0 Å². The van der Waals surface area contributed by atoms with Gasteiger partial charge in [-0.15, -0.1) is 0 Å². The van der Waals surface area contributed by atoms with Gasteiger partial charge in [-0.3, -0.25) is 0 Å². The van der Waals surface area contributed by atoms with E-state index in [1.54, 1.807) is 0 Å². The van der Waals surface area contributed by atoms with Crippen LogP contribution in [0.25, 0.3) is 0 Å². The van der Waals surface area contributed by atoms with Gasteiger partial charge in [0, 0.05) is 15.7 Å². The zero-order valence-corrected chi connectivity index (χ0v) is 15.7. The fourth-order valence-corrected chi connectivity index (χ4v) is 7.09. The summed E-state index contributed by atoms with van der Waals surface area (Å²) in [4.78, 5) is 0. The van der Waals surface area contributed by atoms with Crippen LogP contribution in [-0.2, 0) is 16.3 Å². The van der Waals surface area contributed by atoms with Crippen LogP contribution in [0, 0.1) is 11.3 Å². The van der Waals surface area contributed by atoms with Crippen LogP contribution >= 0.6 is 43.5 Å². The molecular weight excluding hydrogens is 427 g/mol. The summed E-state index contributed by atoms with van der Waals surface area (Å²) in [6, 6.07) is 7.81. The third-order valence-corrected chi connectivity index (χ3v) is 8.35. The van der Waals surface area contributed by atoms with Crippen molar-refractivity contribution in [2.75, 3.05) is 22.2 Å². The van der Waals surface area contributed by atoms with Gasteiger partial charge >= 0.3 is 0 Å². The molecule has 1 aliphatic heterocycles. The fourth-order valence-electron chi connectivity index (χ4n) is 2.78. The van der Waals surface area contributed by atoms with Crippen LogP contribution in [0.1, 0.15) is 12.0 Å². The Labute approximate surface area is 142 Å². The van der Waals surface area contributed by atoms with Crippen LogP contribution in [0.15, 0.2) is 24.3 Å². The first-order valence-electron chi connectivity index (χ1n) is 6.47. The van der Waals surface area contributed by atoms with Gasteiger partial charge in [-0.05, 0) is 41.9 Å². The maximum Gasteiger partial charge on any atom is 0.150 e. The number of alkyl halides is 2. The lowest BCUT2D eigenvalue weighted by molar-refractivity contribution is 0.253. The number of rotatable bonds is 5. The van der Waals surface area contributed by atoms with Crippen LogP contribution < -0.4 is 0 Å². The van der Waals surface area contributed by atoms with Crippen molar-refractivity contribution >= 4 is 53.3 Å². The van der Waals surface area contributed by atoms with Crippen molar-refractivity contribution in [3.63, 3.8) is 0 Å². The summed E-state index contributed by atoms with van der Waals surface area (Å²) in [5, 5.41) is 2.29. The molecule has 0 aromatic heterocycles. The SMILES string of the molecule is O=S1(=O)CCC(C(CBr)(CBr)Cc2ccc(Cl)cc2)C1. The van der Waals surface area contributed by atoms with Crippen molar-refractivity contribution in [1.29, 1.82) is 0 Å². The van der Waals surface area contributed by atoms with Gasteiger partial charge in [-0.1, -0.05) is 55.6 Å². The maximum atomic E-state index is 11.8. The van der Waals surface area contributed by atoms with E-state index in [1.165, 1.54) is 5.56 Å². The van der Waals surface area contributed by atoms with Crippen molar-refractivity contribution in [2.24, 2.45) is 11.3 Å². The minimum absolute atomic E-state index is 0.0720. The molecule has 1 aromatic carbocycles. The molecule has 20 heavy (non-hydrogen) atoms. The smallest absolute Gasteiger partial charge is 0.150 e. The summed E-state index contributed by atoms with van der Waals surface area (Å²) in [7, 11) is -2.86. The van der Waals surface area contributed by atoms with E-state index in [0.29, 0.717) is 11.5 Å². The minimum atomic E-state index is -2.86. The van der Waals surface area contributed by atoms with E-state index in [0.717, 1.165) is 28.5 Å². The molecule has 1 unspecified atom stereocenters. The molecule has 112 valence electrons. The monoisotopic (exact) mass is 442 g/mol. The van der Waals surface area contributed by atoms with E-state index >= 15 is 0 Å². The van der Waals surface area contributed by atoms with E-state index < -0.39 is 9.84 Å². The number of hydrogen-bond acceptors (Lipinski definition) is 2. The lowest BCUT2D eigenvalue weighted by atomic mass is 9.74. The third kappa shape index (κ3) is 3.79. The number of hydrogen-bond donors (Lipinski definition) is 0. The Kier molecular flexibility index (Phi) is 5.60. The van der Waals surface area contributed by atoms with E-state index in [4.69, 9.17) is 11.6 Å². The molecule has 0 bridgehead atoms. The summed E-state index contributed by atoms with van der Waals surface area (Å²) in [5.74, 6) is 0.819. The van der Waals surface area contributed by atoms with Crippen LogP contribution in [0.4, 0.5) is 0 Å². The maximum absolute atomic E-state index is 11.8. The third-order valence-electron chi connectivity index (χ3n) is 4.10. The molecule has 0 aliphatic carbocycles. The molecular formula is C14H17Br2ClO2S. The zero-order valence-electron chi connectivity index (χ0n) is 11.0. The standard InChI is InChI=1S/C14H17Br2ClO2S/c15-9-14(10-16,12-5-6-20(18,19)8-12)7-11-1-3-13(17)4-2-11/h1-4,12H,5-10H2. The highest BCUT2D eigenvalue weighted by Gasteiger charge is 2.43. The molecule has 0 saturated carbocycles. The van der Waals surface area contributed by atoms with Gasteiger partial charge in [0.1, 0.15) is 0 Å². The predicted molar refractivity (Wildman–Crippen MR) is 91.9 cm³/mol. The van der Waals surface area contributed by atoms with Crippen LogP contribution in [-0.4, -0.2) is 30.6 Å². The molecule has 0 spiro atoms. The van der Waals surface area contributed by atoms with Crippen molar-refractivity contribution in [3.8, 4) is 0 Å². The largest absolute Gasteiger partial charge is 0.229 e. The van der Waals surface area contributed by atoms with E-state index in [1.807, 2.05) is 24.3 Å². The summed E-state index contributed by atoms with van der Waals surface area (Å²) in [6.07, 6.45) is 1.61. The van der Waals surface area contributed by atoms with Gasteiger partial charge in [0.15, 0.2) is 9.84 Å². The second kappa shape index (κ2) is 6.67. The van der Waals surface area contributed by atoms with Crippen molar-refractivity contribution in [3.05, 3.63) is 34.9 Å². The first-order valence-corrected chi connectivity index (χ1v) is 10.9. The normalized spacial score (nSPS) is 22.1. The van der Waals surface area contributed by atoms with Gasteiger partial charge in [-0.25, -0.2) is 8.42 Å². The highest BCUT2D eigenvalue weighted by atomic mass is 79.9. The molecule has 2 rings (SSSR count). The molecule has 0 N–H and O–H groups in total. The molecule has 1 heterocycles. The first kappa shape index (κ1) is 16.8. The summed E-state index contributed by atoms with van der Waals surface area (Å²) in [5.41, 5.74) is 1.12. The highest BCUT2D eigenvalue weighted by molar-refractivity contribution is 9.09. The molecule has 1 fully saturated rings. The molecule has 6 heteroatoms. The van der Waals surface area contributed by atoms with Crippen molar-refractivity contribution in [2.45, 2.75) is 12.8 Å². The number of benzene rings is 1. The van der Waals surface area contributed by atoms with E-state index in [9.17, 15) is 8.42 Å². The summed E-state index contributed by atoms with van der Waals surface area (Å²) in [6.45, 7) is 0. The Morgan fingerprint density at radius 3 is 2.25 bits per heavy atom. The average Bonchev–Trinajstić information content (AvgIpc) is 2.79. The Morgan fingerprint density at radius 2 is 1.80 bits per heavy atom. The van der Waals surface area contributed by atoms with Gasteiger partial charge < -0.3 is 0 Å². The molecule has 0 amide bonds. The second-order valence-corrected chi connectivity index (χ2v) is 9.32. The summed E-state index contributed by atoms with van der Waals surface area (Å²) < 4.78 is 23.5. The molecule has 1 aliphatic rings. The van der Waals surface area contributed by atoms with E-state index in [2.05, 4.69) is 31.9 Å². The highest BCUT2D eigenvalue weighted by Crippen LogP contribution is 2.42. The lowest BCUT2D eigenvalue weighted by Crippen LogP contribution is -2.37. The van der Waals surface area contributed by atoms with Gasteiger partial charge in [0.2, 0.25) is 0 Å². The second-order valence-electron chi connectivity index (χ2n) is 5.53. The Bertz CT molecular complexity index is 553. The topological polar surface area (TPSA) is 34.1 Å². The fraction of sp³-hybridized carbons (Fsp3) is 0.571. The Balaban J connectivity index is 2.23. The molecule has 1 atom stereocenters. The molecule has 2 nitrogen and oxygen atoms in total. The average molecular weight is 445 g/mol. The lowest BCUT2D eigenvalue weighted by Gasteiger charge is -2.36. The molecule has 1 aromatic rings. The molecule has 1 saturated heterocycles. The number of halogens is 3. The van der Waals surface area contributed by atoms with Crippen LogP contribution in [0.3, 0.4) is 0 Å². The first-order chi connectivity index (χ1) is 9.41. The van der Waals surface area contributed by atoms with Gasteiger partial charge in [-0.2, -0.15) is 0 Å². The van der Waals surface area contributed by atoms with Crippen LogP contribution in [0.5, 0.6) is 0 Å². The quantitative estimate of drug-likeness (QED) is 0.641. The Morgan fingerprint density at radius 1 is 1.20 bits per heavy atom. The van der Waals surface area contributed by atoms with E-state index in [-0.39, 0.29) is 11.3 Å².